The van der Waals surface area contributed by atoms with Crippen molar-refractivity contribution in [1.29, 1.82) is 0 Å². The van der Waals surface area contributed by atoms with Crippen LogP contribution in [0, 0.1) is 0 Å². The molecular weight excluding hydrogens is 376 g/mol. The summed E-state index contributed by atoms with van der Waals surface area (Å²) in [5, 5.41) is 0. The van der Waals surface area contributed by atoms with Crippen LogP contribution in [0.25, 0.3) is 0 Å². The summed E-state index contributed by atoms with van der Waals surface area (Å²) in [4.78, 5) is 26.2. The van der Waals surface area contributed by atoms with Crippen molar-refractivity contribution in [2.45, 2.75) is 57.9 Å². The number of carbonyl (C=O) groups excluding carboxylic acids is 1. The molecule has 6 nitrogen and oxygen atoms in total. The van der Waals surface area contributed by atoms with Gasteiger partial charge in [0.15, 0.2) is 0 Å². The van der Waals surface area contributed by atoms with Crippen molar-refractivity contribution in [2.24, 2.45) is 0 Å². The lowest BCUT2D eigenvalue weighted by Crippen LogP contribution is -2.35. The van der Waals surface area contributed by atoms with E-state index in [-0.39, 0.29) is 12.1 Å². The zero-order valence-electron chi connectivity index (χ0n) is 18.1. The van der Waals surface area contributed by atoms with Gasteiger partial charge in [-0.1, -0.05) is 19.1 Å². The zero-order chi connectivity index (χ0) is 20.9. The molecule has 0 N–H and O–H groups in total. The van der Waals surface area contributed by atoms with Gasteiger partial charge in [-0.2, -0.15) is 0 Å². The number of aryl methyl sites for hydroxylation is 3. The van der Waals surface area contributed by atoms with Gasteiger partial charge in [0.25, 0.3) is 0 Å². The van der Waals surface area contributed by atoms with Crippen LogP contribution in [-0.4, -0.2) is 52.5 Å². The van der Waals surface area contributed by atoms with Crippen molar-refractivity contribution in [2.75, 3.05) is 26.7 Å². The number of hydrogen-bond donors (Lipinski definition) is 0. The van der Waals surface area contributed by atoms with Gasteiger partial charge < -0.3 is 14.5 Å². The van der Waals surface area contributed by atoms with E-state index in [1.807, 2.05) is 28.1 Å². The largest absolute Gasteiger partial charge is 0.481 e. The maximum absolute atomic E-state index is 13.0. The van der Waals surface area contributed by atoms with Gasteiger partial charge in [0.2, 0.25) is 5.88 Å². The lowest BCUT2D eigenvalue weighted by Gasteiger charge is -2.27. The van der Waals surface area contributed by atoms with E-state index in [1.165, 1.54) is 30.5 Å². The molecule has 160 valence electrons. The fourth-order valence-electron chi connectivity index (χ4n) is 4.66. The van der Waals surface area contributed by atoms with Crippen molar-refractivity contribution in [1.82, 2.24) is 19.8 Å². The summed E-state index contributed by atoms with van der Waals surface area (Å²) in [6.45, 7) is 4.45. The fraction of sp³-hybridized carbons (Fsp3) is 0.542. The Morgan fingerprint density at radius 1 is 1.13 bits per heavy atom. The molecule has 4 rings (SSSR count). The highest BCUT2D eigenvalue weighted by molar-refractivity contribution is 5.77. The maximum atomic E-state index is 13.0. The van der Waals surface area contributed by atoms with Gasteiger partial charge in [-0.25, -0.2) is 9.78 Å². The third-order valence-corrected chi connectivity index (χ3v) is 6.34. The van der Waals surface area contributed by atoms with Crippen molar-refractivity contribution < 1.29 is 9.53 Å². The molecule has 0 bridgehead atoms. The highest BCUT2D eigenvalue weighted by Crippen LogP contribution is 2.28. The Hall–Kier alpha value is -2.63. The van der Waals surface area contributed by atoms with Crippen LogP contribution in [0.3, 0.4) is 0 Å². The third kappa shape index (κ3) is 4.42. The number of pyridine rings is 2. The number of nitrogens with zero attached hydrogens (tertiary/aromatic N) is 4. The summed E-state index contributed by atoms with van der Waals surface area (Å²) in [6, 6.07) is 8.50. The Kier molecular flexibility index (Phi) is 6.50. The second kappa shape index (κ2) is 9.45. The van der Waals surface area contributed by atoms with Gasteiger partial charge in [0.1, 0.15) is 0 Å². The molecule has 6 heteroatoms. The van der Waals surface area contributed by atoms with E-state index >= 15 is 0 Å². The van der Waals surface area contributed by atoms with Crippen LogP contribution in [0.4, 0.5) is 4.79 Å². The maximum Gasteiger partial charge on any atom is 0.320 e. The summed E-state index contributed by atoms with van der Waals surface area (Å²) < 4.78 is 5.15. The Labute approximate surface area is 179 Å². The minimum atomic E-state index is 0.0585. The standard InChI is InChI=1S/C24H32N4O2/c1-3-22(19-11-13-23(30-2)25-17-19)28-16-15-27(24(28)29)14-6-8-20-12-10-18-7-4-5-9-21(18)26-20/h10-13,17,22H,3-9,14-16H2,1-2H3/t22-/m0/s1. The fourth-order valence-corrected chi connectivity index (χ4v) is 4.66. The van der Waals surface area contributed by atoms with Crippen molar-refractivity contribution in [3.8, 4) is 5.88 Å². The first-order valence-corrected chi connectivity index (χ1v) is 11.2. The van der Waals surface area contributed by atoms with Gasteiger partial charge >= 0.3 is 6.03 Å². The Morgan fingerprint density at radius 2 is 2.00 bits per heavy atom. The first-order chi connectivity index (χ1) is 14.7. The number of carbonyl (C=O) groups is 1. The molecular formula is C24H32N4O2. The molecule has 1 atom stereocenters. The average molecular weight is 409 g/mol. The van der Waals surface area contributed by atoms with E-state index in [9.17, 15) is 4.79 Å². The summed E-state index contributed by atoms with van der Waals surface area (Å²) in [7, 11) is 1.61. The SMILES string of the molecule is CC[C@@H](c1ccc(OC)nc1)N1CCN(CCCc2ccc3c(n2)CCCC3)C1=O. The Morgan fingerprint density at radius 3 is 2.77 bits per heavy atom. The van der Waals surface area contributed by atoms with Gasteiger partial charge in [-0.3, -0.25) is 4.98 Å². The number of hydrogen-bond acceptors (Lipinski definition) is 4. The second-order valence-corrected chi connectivity index (χ2v) is 8.24. The average Bonchev–Trinajstić information content (AvgIpc) is 3.15. The van der Waals surface area contributed by atoms with Crippen LogP contribution >= 0.6 is 0 Å². The smallest absolute Gasteiger partial charge is 0.320 e. The Bertz CT molecular complexity index is 868. The van der Waals surface area contributed by atoms with Gasteiger partial charge in [-0.05, 0) is 62.1 Å². The van der Waals surface area contributed by atoms with Crippen LogP contribution in [-0.2, 0) is 19.3 Å². The topological polar surface area (TPSA) is 58.6 Å². The zero-order valence-corrected chi connectivity index (χ0v) is 18.1. The first-order valence-electron chi connectivity index (χ1n) is 11.2. The normalized spacial score (nSPS) is 17.2. The van der Waals surface area contributed by atoms with E-state index in [2.05, 4.69) is 24.0 Å². The Balaban J connectivity index is 1.32. The molecule has 2 aromatic heterocycles. The molecule has 1 aliphatic heterocycles. The molecule has 2 amide bonds. The number of urea groups is 1. The molecule has 2 aromatic rings. The van der Waals surface area contributed by atoms with E-state index < -0.39 is 0 Å². The highest BCUT2D eigenvalue weighted by atomic mass is 16.5. The predicted molar refractivity (Wildman–Crippen MR) is 117 cm³/mol. The third-order valence-electron chi connectivity index (χ3n) is 6.34. The van der Waals surface area contributed by atoms with Gasteiger partial charge in [0.05, 0.1) is 13.2 Å². The van der Waals surface area contributed by atoms with E-state index in [0.29, 0.717) is 5.88 Å². The molecule has 0 radical (unpaired) electrons. The second-order valence-electron chi connectivity index (χ2n) is 8.24. The number of fused-ring (bicyclic) bond motifs is 1. The minimum Gasteiger partial charge on any atom is -0.481 e. The monoisotopic (exact) mass is 408 g/mol. The lowest BCUT2D eigenvalue weighted by molar-refractivity contribution is 0.175. The molecule has 3 heterocycles. The van der Waals surface area contributed by atoms with E-state index in [4.69, 9.17) is 9.72 Å². The van der Waals surface area contributed by atoms with Gasteiger partial charge in [0, 0.05) is 43.3 Å². The number of ether oxygens (including phenoxy) is 1. The van der Waals surface area contributed by atoms with Crippen LogP contribution in [0.1, 0.15) is 61.2 Å². The molecule has 2 aliphatic rings. The number of rotatable bonds is 8. The van der Waals surface area contributed by atoms with Gasteiger partial charge in [-0.15, -0.1) is 0 Å². The number of amides is 2. The predicted octanol–water partition coefficient (Wildman–Crippen LogP) is 4.19. The van der Waals surface area contributed by atoms with Crippen molar-refractivity contribution in [3.05, 3.63) is 53.0 Å². The summed E-state index contributed by atoms with van der Waals surface area (Å²) in [6.07, 6.45) is 9.39. The van der Waals surface area contributed by atoms with Crippen molar-refractivity contribution >= 4 is 6.03 Å². The van der Waals surface area contributed by atoms with Crippen LogP contribution in [0.2, 0.25) is 0 Å². The van der Waals surface area contributed by atoms with E-state index in [0.717, 1.165) is 56.6 Å². The summed E-state index contributed by atoms with van der Waals surface area (Å²) >= 11 is 0. The lowest BCUT2D eigenvalue weighted by atomic mass is 9.95. The number of aromatic nitrogens is 2. The van der Waals surface area contributed by atoms with Crippen LogP contribution in [0.5, 0.6) is 5.88 Å². The summed E-state index contributed by atoms with van der Waals surface area (Å²) in [5.41, 5.74) is 4.94. The molecule has 30 heavy (non-hydrogen) atoms. The first kappa shape index (κ1) is 20.6. The van der Waals surface area contributed by atoms with Crippen LogP contribution in [0.15, 0.2) is 30.5 Å². The number of methoxy groups -OCH3 is 1. The van der Waals surface area contributed by atoms with E-state index in [1.54, 1.807) is 7.11 Å². The molecule has 1 fully saturated rings. The molecule has 0 unspecified atom stereocenters. The molecule has 1 aliphatic carbocycles. The quantitative estimate of drug-likeness (QED) is 0.657. The molecule has 0 saturated carbocycles. The molecule has 1 saturated heterocycles. The van der Waals surface area contributed by atoms with Crippen molar-refractivity contribution in [3.63, 3.8) is 0 Å². The summed E-state index contributed by atoms with van der Waals surface area (Å²) in [5.74, 6) is 0.596. The van der Waals surface area contributed by atoms with Crippen LogP contribution < -0.4 is 4.74 Å². The highest BCUT2D eigenvalue weighted by Gasteiger charge is 2.33. The minimum absolute atomic E-state index is 0.0585. The molecule has 0 spiro atoms. The molecule has 0 aromatic carbocycles.